The van der Waals surface area contributed by atoms with Crippen LogP contribution in [0.4, 0.5) is 0 Å². The molecule has 2 nitrogen and oxygen atoms in total. The van der Waals surface area contributed by atoms with E-state index in [1.165, 1.54) is 5.56 Å². The van der Waals surface area contributed by atoms with Gasteiger partial charge in [0.25, 0.3) is 0 Å². The van der Waals surface area contributed by atoms with Crippen molar-refractivity contribution in [2.24, 2.45) is 5.73 Å². The lowest BCUT2D eigenvalue weighted by molar-refractivity contribution is 0.606. The molecule has 0 amide bonds. The fourth-order valence-corrected chi connectivity index (χ4v) is 1.61. The van der Waals surface area contributed by atoms with Crippen LogP contribution in [-0.4, -0.2) is 0 Å². The summed E-state index contributed by atoms with van der Waals surface area (Å²) in [5.74, 6) is 0. The second-order valence-electron chi connectivity index (χ2n) is 3.11. The first-order chi connectivity index (χ1) is 6.36. The van der Waals surface area contributed by atoms with Crippen LogP contribution in [0.3, 0.4) is 0 Å². The fourth-order valence-electron chi connectivity index (χ4n) is 1.61. The van der Waals surface area contributed by atoms with Gasteiger partial charge in [-0.2, -0.15) is 0 Å². The summed E-state index contributed by atoms with van der Waals surface area (Å²) in [6.07, 6.45) is 2.75. The lowest BCUT2D eigenvalue weighted by Crippen LogP contribution is -1.94. The van der Waals surface area contributed by atoms with Crippen LogP contribution in [0.25, 0.3) is 11.0 Å². The van der Waals surface area contributed by atoms with Crippen molar-refractivity contribution in [1.82, 2.24) is 0 Å². The SMILES string of the molecule is CCc1cccc2c(CN)coc12. The van der Waals surface area contributed by atoms with Crippen LogP contribution in [0.5, 0.6) is 0 Å². The fraction of sp³-hybridized carbons (Fsp3) is 0.273. The maximum Gasteiger partial charge on any atom is 0.137 e. The van der Waals surface area contributed by atoms with Crippen molar-refractivity contribution in [3.05, 3.63) is 35.6 Å². The highest BCUT2D eigenvalue weighted by atomic mass is 16.3. The molecule has 1 aromatic heterocycles. The normalized spacial score (nSPS) is 10.9. The van der Waals surface area contributed by atoms with Gasteiger partial charge in [0.15, 0.2) is 0 Å². The number of fused-ring (bicyclic) bond motifs is 1. The van der Waals surface area contributed by atoms with Crippen LogP contribution < -0.4 is 5.73 Å². The Labute approximate surface area is 77.3 Å². The van der Waals surface area contributed by atoms with Crippen molar-refractivity contribution in [3.8, 4) is 0 Å². The molecule has 0 unspecified atom stereocenters. The summed E-state index contributed by atoms with van der Waals surface area (Å²) < 4.78 is 5.48. The van der Waals surface area contributed by atoms with Gasteiger partial charge >= 0.3 is 0 Å². The molecule has 2 rings (SSSR count). The first-order valence-corrected chi connectivity index (χ1v) is 4.54. The van der Waals surface area contributed by atoms with E-state index in [1.807, 2.05) is 0 Å². The van der Waals surface area contributed by atoms with E-state index in [0.29, 0.717) is 6.54 Å². The van der Waals surface area contributed by atoms with Crippen molar-refractivity contribution >= 4 is 11.0 Å². The van der Waals surface area contributed by atoms with Gasteiger partial charge in [0.05, 0.1) is 6.26 Å². The Kier molecular flexibility index (Phi) is 2.07. The van der Waals surface area contributed by atoms with Gasteiger partial charge in [-0.25, -0.2) is 0 Å². The van der Waals surface area contributed by atoms with Crippen molar-refractivity contribution in [3.63, 3.8) is 0 Å². The summed E-state index contributed by atoms with van der Waals surface area (Å²) in [7, 11) is 0. The summed E-state index contributed by atoms with van der Waals surface area (Å²) in [6.45, 7) is 2.67. The largest absolute Gasteiger partial charge is 0.464 e. The number of nitrogens with two attached hydrogens (primary N) is 1. The Balaban J connectivity index is 2.72. The Hall–Kier alpha value is -1.28. The second kappa shape index (κ2) is 3.23. The molecular formula is C11H13NO. The van der Waals surface area contributed by atoms with E-state index < -0.39 is 0 Å². The third-order valence-corrected chi connectivity index (χ3v) is 2.36. The van der Waals surface area contributed by atoms with Crippen LogP contribution >= 0.6 is 0 Å². The molecule has 68 valence electrons. The molecular weight excluding hydrogens is 162 g/mol. The van der Waals surface area contributed by atoms with Gasteiger partial charge in [0.1, 0.15) is 5.58 Å². The Morgan fingerprint density at radius 1 is 1.31 bits per heavy atom. The van der Waals surface area contributed by atoms with Gasteiger partial charge in [0.2, 0.25) is 0 Å². The van der Waals surface area contributed by atoms with E-state index in [4.69, 9.17) is 10.2 Å². The van der Waals surface area contributed by atoms with Crippen molar-refractivity contribution < 1.29 is 4.42 Å². The van der Waals surface area contributed by atoms with E-state index >= 15 is 0 Å². The molecule has 0 fully saturated rings. The molecule has 0 saturated heterocycles. The molecule has 13 heavy (non-hydrogen) atoms. The average molecular weight is 175 g/mol. The van der Waals surface area contributed by atoms with E-state index in [1.54, 1.807) is 6.26 Å². The topological polar surface area (TPSA) is 39.2 Å². The molecule has 2 aromatic rings. The molecule has 0 aliphatic rings. The molecule has 0 spiro atoms. The van der Waals surface area contributed by atoms with Crippen LogP contribution in [0.15, 0.2) is 28.9 Å². The molecule has 0 aliphatic heterocycles. The lowest BCUT2D eigenvalue weighted by Gasteiger charge is -1.97. The van der Waals surface area contributed by atoms with Crippen molar-refractivity contribution in [1.29, 1.82) is 0 Å². The molecule has 0 atom stereocenters. The molecule has 2 heteroatoms. The molecule has 2 N–H and O–H groups in total. The first kappa shape index (κ1) is 8.32. The van der Waals surface area contributed by atoms with Gasteiger partial charge in [-0.05, 0) is 12.0 Å². The van der Waals surface area contributed by atoms with E-state index in [-0.39, 0.29) is 0 Å². The number of aryl methyl sites for hydroxylation is 1. The van der Waals surface area contributed by atoms with Crippen LogP contribution in [0.1, 0.15) is 18.1 Å². The third kappa shape index (κ3) is 1.23. The van der Waals surface area contributed by atoms with E-state index in [9.17, 15) is 0 Å². The number of rotatable bonds is 2. The summed E-state index contributed by atoms with van der Waals surface area (Å²) in [5, 5.41) is 1.15. The zero-order valence-electron chi connectivity index (χ0n) is 7.71. The van der Waals surface area contributed by atoms with Crippen molar-refractivity contribution in [2.45, 2.75) is 19.9 Å². The summed E-state index contributed by atoms with van der Waals surface area (Å²) in [4.78, 5) is 0. The summed E-state index contributed by atoms with van der Waals surface area (Å²) in [5.41, 5.74) is 8.92. The zero-order valence-corrected chi connectivity index (χ0v) is 7.71. The Morgan fingerprint density at radius 3 is 2.85 bits per heavy atom. The van der Waals surface area contributed by atoms with Crippen LogP contribution in [-0.2, 0) is 13.0 Å². The molecule has 1 heterocycles. The lowest BCUT2D eigenvalue weighted by atomic mass is 10.1. The second-order valence-corrected chi connectivity index (χ2v) is 3.11. The zero-order chi connectivity index (χ0) is 9.26. The number of para-hydroxylation sites is 1. The van der Waals surface area contributed by atoms with E-state index in [0.717, 1.165) is 23.0 Å². The minimum Gasteiger partial charge on any atom is -0.464 e. The maximum atomic E-state index is 5.59. The first-order valence-electron chi connectivity index (χ1n) is 4.54. The van der Waals surface area contributed by atoms with Gasteiger partial charge < -0.3 is 10.2 Å². The van der Waals surface area contributed by atoms with Gasteiger partial charge in [0, 0.05) is 17.5 Å². The smallest absolute Gasteiger partial charge is 0.137 e. The summed E-state index contributed by atoms with van der Waals surface area (Å²) in [6, 6.07) is 6.20. The minimum absolute atomic E-state index is 0.542. The highest BCUT2D eigenvalue weighted by molar-refractivity contribution is 5.83. The van der Waals surface area contributed by atoms with Gasteiger partial charge in [-0.1, -0.05) is 25.1 Å². The maximum absolute atomic E-state index is 5.59. The minimum atomic E-state index is 0.542. The molecule has 0 aliphatic carbocycles. The molecule has 0 saturated carbocycles. The number of furan rings is 1. The predicted molar refractivity (Wildman–Crippen MR) is 53.5 cm³/mol. The van der Waals surface area contributed by atoms with Gasteiger partial charge in [-0.15, -0.1) is 0 Å². The number of hydrogen-bond acceptors (Lipinski definition) is 2. The van der Waals surface area contributed by atoms with Crippen molar-refractivity contribution in [2.75, 3.05) is 0 Å². The van der Waals surface area contributed by atoms with E-state index in [2.05, 4.69) is 25.1 Å². The molecule has 0 radical (unpaired) electrons. The summed E-state index contributed by atoms with van der Waals surface area (Å²) >= 11 is 0. The monoisotopic (exact) mass is 175 g/mol. The molecule has 0 bridgehead atoms. The quantitative estimate of drug-likeness (QED) is 0.761. The van der Waals surface area contributed by atoms with Gasteiger partial charge in [-0.3, -0.25) is 0 Å². The Bertz CT molecular complexity index is 417. The standard InChI is InChI=1S/C11H13NO/c1-2-8-4-3-5-10-9(6-12)7-13-11(8)10/h3-5,7H,2,6,12H2,1H3. The number of benzene rings is 1. The Morgan fingerprint density at radius 2 is 2.15 bits per heavy atom. The molecule has 1 aromatic carbocycles. The highest BCUT2D eigenvalue weighted by Gasteiger charge is 2.06. The third-order valence-electron chi connectivity index (χ3n) is 2.36. The predicted octanol–water partition coefficient (Wildman–Crippen LogP) is 2.45. The van der Waals surface area contributed by atoms with Crippen LogP contribution in [0.2, 0.25) is 0 Å². The average Bonchev–Trinajstić information content (AvgIpc) is 2.60. The van der Waals surface area contributed by atoms with Crippen LogP contribution in [0, 0.1) is 0 Å². The highest BCUT2D eigenvalue weighted by Crippen LogP contribution is 2.24. The number of hydrogen-bond donors (Lipinski definition) is 1.